The zero-order chi connectivity index (χ0) is 24.5. The van der Waals surface area contributed by atoms with Crippen LogP contribution in [0.3, 0.4) is 0 Å². The summed E-state index contributed by atoms with van der Waals surface area (Å²) in [5, 5.41) is 8.03. The number of nitrogens with zero attached hydrogens (tertiary/aromatic N) is 4. The lowest BCUT2D eigenvalue weighted by Crippen LogP contribution is -2.73. The minimum atomic E-state index is -0.686. The van der Waals surface area contributed by atoms with Crippen LogP contribution in [0.4, 0.5) is 0 Å². The number of piperidine rings is 1. The minimum Gasteiger partial charge on any atom is -0.342 e. The Morgan fingerprint density at radius 2 is 1.72 bits per heavy atom. The summed E-state index contributed by atoms with van der Waals surface area (Å²) in [6, 6.07) is 0.180. The van der Waals surface area contributed by atoms with Crippen LogP contribution in [-0.4, -0.2) is 62.6 Å². The number of amides is 2. The number of aryl methyl sites for hydroxylation is 1. The summed E-state index contributed by atoms with van der Waals surface area (Å²) >= 11 is 0. The van der Waals surface area contributed by atoms with Crippen LogP contribution in [-0.2, 0) is 16.1 Å². The van der Waals surface area contributed by atoms with Gasteiger partial charge in [0.1, 0.15) is 11.6 Å². The maximum Gasteiger partial charge on any atom is 0.246 e. The molecule has 1 saturated carbocycles. The molecule has 9 heteroatoms. The van der Waals surface area contributed by atoms with Gasteiger partial charge in [-0.3, -0.25) is 19.2 Å². The van der Waals surface area contributed by atoms with Gasteiger partial charge in [0.05, 0.1) is 11.7 Å². The van der Waals surface area contributed by atoms with Gasteiger partial charge in [-0.15, -0.1) is 24.8 Å². The number of carbonyl (C=O) groups excluding carboxylic acids is 2. The molecule has 0 unspecified atom stereocenters. The van der Waals surface area contributed by atoms with Gasteiger partial charge in [0.25, 0.3) is 0 Å². The van der Waals surface area contributed by atoms with Gasteiger partial charge in [-0.2, -0.15) is 5.10 Å². The van der Waals surface area contributed by atoms with E-state index in [0.717, 1.165) is 38.2 Å². The monoisotopic (exact) mass is 543 g/mol. The number of nitrogens with one attached hydrogen (secondary N) is 1. The van der Waals surface area contributed by atoms with E-state index >= 15 is 0 Å². The van der Waals surface area contributed by atoms with E-state index in [0.29, 0.717) is 37.8 Å². The molecule has 1 aliphatic carbocycles. The van der Waals surface area contributed by atoms with Gasteiger partial charge in [-0.05, 0) is 58.3 Å². The van der Waals surface area contributed by atoms with Crippen LogP contribution in [0, 0.1) is 19.8 Å². The van der Waals surface area contributed by atoms with Crippen molar-refractivity contribution in [2.45, 2.75) is 117 Å². The fraction of sp³-hybridized carbons (Fsp3) is 0.815. The predicted octanol–water partition coefficient (Wildman–Crippen LogP) is 4.97. The van der Waals surface area contributed by atoms with Crippen molar-refractivity contribution in [3.63, 3.8) is 0 Å². The summed E-state index contributed by atoms with van der Waals surface area (Å²) in [5.74, 6) is 0.560. The molecule has 1 spiro atoms. The van der Waals surface area contributed by atoms with E-state index in [1.807, 2.05) is 4.90 Å². The molecule has 3 aliphatic rings. The van der Waals surface area contributed by atoms with Crippen LogP contribution in [0.25, 0.3) is 0 Å². The number of piperazine rings is 1. The van der Waals surface area contributed by atoms with Crippen molar-refractivity contribution in [2.24, 2.45) is 5.92 Å². The lowest BCUT2D eigenvalue weighted by molar-refractivity contribution is -0.161. The number of hydrogen-bond acceptors (Lipinski definition) is 4. The molecule has 206 valence electrons. The molecule has 0 aromatic carbocycles. The molecular weight excluding hydrogens is 497 g/mol. The van der Waals surface area contributed by atoms with E-state index in [2.05, 4.69) is 49.5 Å². The van der Waals surface area contributed by atoms with Gasteiger partial charge in [-0.1, -0.05) is 40.0 Å². The van der Waals surface area contributed by atoms with Gasteiger partial charge in [0.15, 0.2) is 0 Å². The Kier molecular flexibility index (Phi) is 11.1. The highest BCUT2D eigenvalue weighted by molar-refractivity contribution is 6.00. The third kappa shape index (κ3) is 6.05. The van der Waals surface area contributed by atoms with Crippen LogP contribution < -0.4 is 5.32 Å². The Bertz CT molecular complexity index is 889. The number of aromatic nitrogens is 2. The maximum atomic E-state index is 13.5. The van der Waals surface area contributed by atoms with Gasteiger partial charge < -0.3 is 10.2 Å². The smallest absolute Gasteiger partial charge is 0.246 e. The van der Waals surface area contributed by atoms with Gasteiger partial charge in [-0.25, -0.2) is 0 Å². The number of halogens is 2. The van der Waals surface area contributed by atoms with Crippen LogP contribution in [0.5, 0.6) is 0 Å². The average Bonchev–Trinajstić information content (AvgIpc) is 3.42. The summed E-state index contributed by atoms with van der Waals surface area (Å²) in [6.07, 6.45) is 9.17. The molecule has 1 aromatic rings. The van der Waals surface area contributed by atoms with Crippen LogP contribution in [0.2, 0.25) is 0 Å². The Labute approximate surface area is 229 Å². The number of likely N-dealkylation sites (tertiary alicyclic amines) is 1. The highest BCUT2D eigenvalue weighted by atomic mass is 35.5. The molecule has 2 aliphatic heterocycles. The normalized spacial score (nSPS) is 22.6. The van der Waals surface area contributed by atoms with Gasteiger partial charge >= 0.3 is 0 Å². The molecule has 2 saturated heterocycles. The van der Waals surface area contributed by atoms with E-state index in [4.69, 9.17) is 5.10 Å². The molecule has 3 heterocycles. The summed E-state index contributed by atoms with van der Waals surface area (Å²) in [5.41, 5.74) is 3.09. The Morgan fingerprint density at radius 3 is 2.31 bits per heavy atom. The summed E-state index contributed by atoms with van der Waals surface area (Å²) in [6.45, 7) is 13.9. The third-order valence-corrected chi connectivity index (χ3v) is 8.46. The van der Waals surface area contributed by atoms with Gasteiger partial charge in [0, 0.05) is 37.4 Å². The topological polar surface area (TPSA) is 70.5 Å². The Balaban J connectivity index is 0.00000228. The van der Waals surface area contributed by atoms with Crippen molar-refractivity contribution >= 4 is 36.6 Å². The summed E-state index contributed by atoms with van der Waals surface area (Å²) < 4.78 is 2.28. The fourth-order valence-corrected chi connectivity index (χ4v) is 6.38. The predicted molar refractivity (Wildman–Crippen MR) is 149 cm³/mol. The third-order valence-electron chi connectivity index (χ3n) is 8.46. The zero-order valence-corrected chi connectivity index (χ0v) is 24.5. The second-order valence-corrected chi connectivity index (χ2v) is 11.3. The van der Waals surface area contributed by atoms with Crippen LogP contribution >= 0.6 is 24.8 Å². The molecule has 1 aromatic heterocycles. The Hall–Kier alpha value is -1.31. The van der Waals surface area contributed by atoms with Crippen molar-refractivity contribution in [2.75, 3.05) is 19.6 Å². The van der Waals surface area contributed by atoms with Gasteiger partial charge in [0.2, 0.25) is 11.8 Å². The van der Waals surface area contributed by atoms with E-state index in [1.54, 1.807) is 0 Å². The first-order chi connectivity index (χ1) is 16.3. The fourth-order valence-electron chi connectivity index (χ4n) is 6.38. The first-order valence-electron chi connectivity index (χ1n) is 13.7. The van der Waals surface area contributed by atoms with E-state index in [1.165, 1.54) is 36.9 Å². The minimum absolute atomic E-state index is 0. The first-order valence-corrected chi connectivity index (χ1v) is 13.7. The number of unbranched alkanes of at least 4 members (excludes halogenated alkanes) is 1. The molecule has 36 heavy (non-hydrogen) atoms. The number of hydrogen-bond donors (Lipinski definition) is 1. The summed E-state index contributed by atoms with van der Waals surface area (Å²) in [7, 11) is 0. The highest BCUT2D eigenvalue weighted by Gasteiger charge is 2.53. The number of carbonyl (C=O) groups is 2. The van der Waals surface area contributed by atoms with Crippen molar-refractivity contribution in [3.8, 4) is 0 Å². The van der Waals surface area contributed by atoms with E-state index in [-0.39, 0.29) is 42.7 Å². The molecule has 1 N–H and O–H groups in total. The summed E-state index contributed by atoms with van der Waals surface area (Å²) in [4.78, 5) is 31.4. The molecular formula is C27H47Cl2N5O2. The molecule has 4 rings (SSSR count). The number of rotatable bonds is 8. The molecule has 1 atom stereocenters. The van der Waals surface area contributed by atoms with E-state index in [9.17, 15) is 9.59 Å². The average molecular weight is 545 g/mol. The SMILES string of the molecule is CCCCN1C(=O)[C@H](CC(C)C)NC(=O)C12CCN(Cc1c(C)nn(C3CCCC3)c1C)CC2.Cl.Cl. The lowest BCUT2D eigenvalue weighted by atomic mass is 9.80. The standard InChI is InChI=1S/C27H45N5O2.2ClH/c1-6-7-14-31-25(33)24(17-19(2)3)28-26(34)27(31)12-15-30(16-13-27)18-23-20(4)29-32(21(23)5)22-10-8-9-11-22;;/h19,22,24H,6-18H2,1-5H3,(H,28,34);2*1H/t24-;;/m0../s1. The molecule has 0 bridgehead atoms. The highest BCUT2D eigenvalue weighted by Crippen LogP contribution is 2.36. The van der Waals surface area contributed by atoms with E-state index < -0.39 is 5.54 Å². The van der Waals surface area contributed by atoms with Crippen LogP contribution in [0.15, 0.2) is 0 Å². The quantitative estimate of drug-likeness (QED) is 0.502. The van der Waals surface area contributed by atoms with Crippen molar-refractivity contribution in [1.29, 1.82) is 0 Å². The second-order valence-electron chi connectivity index (χ2n) is 11.3. The molecule has 0 radical (unpaired) electrons. The maximum absolute atomic E-state index is 13.5. The first kappa shape index (κ1) is 30.9. The molecule has 2 amide bonds. The zero-order valence-electron chi connectivity index (χ0n) is 22.8. The Morgan fingerprint density at radius 1 is 1.08 bits per heavy atom. The lowest BCUT2D eigenvalue weighted by Gasteiger charge is -2.52. The van der Waals surface area contributed by atoms with Crippen LogP contribution in [0.1, 0.15) is 102 Å². The van der Waals surface area contributed by atoms with Crippen molar-refractivity contribution < 1.29 is 9.59 Å². The van der Waals surface area contributed by atoms with Crippen molar-refractivity contribution in [1.82, 2.24) is 24.9 Å². The molecule has 7 nitrogen and oxygen atoms in total. The molecule has 3 fully saturated rings. The second kappa shape index (κ2) is 13.0. The largest absolute Gasteiger partial charge is 0.342 e. The van der Waals surface area contributed by atoms with Crippen molar-refractivity contribution in [3.05, 3.63) is 17.0 Å².